The van der Waals surface area contributed by atoms with Gasteiger partial charge in [-0.05, 0) is 19.1 Å². The molecular weight excluding hydrogens is 246 g/mol. The lowest BCUT2D eigenvalue weighted by molar-refractivity contribution is -0.145. The predicted molar refractivity (Wildman–Crippen MR) is 71.0 cm³/mol. The van der Waals surface area contributed by atoms with E-state index in [4.69, 9.17) is 5.11 Å². The number of Topliss-reactive ketones (excluding diaryl/α,β-unsaturated/α-hetero) is 1. The largest absolute Gasteiger partial charge is 0.481 e. The smallest absolute Gasteiger partial charge is 0.307 e. The lowest BCUT2D eigenvalue weighted by Gasteiger charge is -2.16. The molecule has 102 valence electrons. The summed E-state index contributed by atoms with van der Waals surface area (Å²) in [6.45, 7) is 4.48. The molecule has 0 spiro atoms. The number of carbonyl (C=O) groups excluding carboxylic acids is 2. The minimum Gasteiger partial charge on any atom is -0.481 e. The van der Waals surface area contributed by atoms with Crippen LogP contribution in [0.1, 0.15) is 31.1 Å². The normalized spacial score (nSPS) is 13.4. The summed E-state index contributed by atoms with van der Waals surface area (Å²) in [5.41, 5.74) is 0.985. The van der Waals surface area contributed by atoms with Gasteiger partial charge in [-0.25, -0.2) is 0 Å². The van der Waals surface area contributed by atoms with E-state index in [1.807, 2.05) is 0 Å². The summed E-state index contributed by atoms with van der Waals surface area (Å²) in [5.74, 6) is -2.91. The van der Waals surface area contributed by atoms with Crippen LogP contribution in [0.25, 0.3) is 0 Å². The fraction of sp³-hybridized carbons (Fsp3) is 0.357. The zero-order valence-electron chi connectivity index (χ0n) is 11.1. The molecular formula is C14H17NO4. The molecule has 0 aliphatic rings. The van der Waals surface area contributed by atoms with Crippen molar-refractivity contribution in [2.24, 2.45) is 11.8 Å². The van der Waals surface area contributed by atoms with Crippen LogP contribution in [-0.2, 0) is 9.59 Å². The fourth-order valence-electron chi connectivity index (χ4n) is 1.51. The van der Waals surface area contributed by atoms with Gasteiger partial charge in [0.05, 0.1) is 5.92 Å². The number of nitrogens with one attached hydrogen (secondary N) is 1. The molecule has 1 aromatic rings. The summed E-state index contributed by atoms with van der Waals surface area (Å²) < 4.78 is 0. The highest BCUT2D eigenvalue weighted by Gasteiger charge is 2.25. The SMILES string of the molecule is CC(=O)c1cccc(NC(=O)C(C)C(C)C(=O)O)c1. The summed E-state index contributed by atoms with van der Waals surface area (Å²) in [7, 11) is 0. The van der Waals surface area contributed by atoms with Crippen LogP contribution < -0.4 is 5.32 Å². The summed E-state index contributed by atoms with van der Waals surface area (Å²) in [6, 6.07) is 6.54. The zero-order chi connectivity index (χ0) is 14.6. The van der Waals surface area contributed by atoms with E-state index in [2.05, 4.69) is 5.32 Å². The molecule has 2 N–H and O–H groups in total. The van der Waals surface area contributed by atoms with Gasteiger partial charge >= 0.3 is 5.97 Å². The van der Waals surface area contributed by atoms with Crippen LogP contribution in [0.15, 0.2) is 24.3 Å². The van der Waals surface area contributed by atoms with Crippen molar-refractivity contribution >= 4 is 23.3 Å². The number of carbonyl (C=O) groups is 3. The minimum absolute atomic E-state index is 0.0944. The summed E-state index contributed by atoms with van der Waals surface area (Å²) >= 11 is 0. The predicted octanol–water partition coefficient (Wildman–Crippen LogP) is 2.18. The molecule has 2 atom stereocenters. The maximum Gasteiger partial charge on any atom is 0.307 e. The number of hydrogen-bond acceptors (Lipinski definition) is 3. The van der Waals surface area contributed by atoms with Gasteiger partial charge in [0.25, 0.3) is 0 Å². The van der Waals surface area contributed by atoms with E-state index < -0.39 is 17.8 Å². The monoisotopic (exact) mass is 263 g/mol. The fourth-order valence-corrected chi connectivity index (χ4v) is 1.51. The molecule has 0 bridgehead atoms. The summed E-state index contributed by atoms with van der Waals surface area (Å²) in [6.07, 6.45) is 0. The van der Waals surface area contributed by atoms with Gasteiger partial charge in [-0.2, -0.15) is 0 Å². The minimum atomic E-state index is -1.01. The van der Waals surface area contributed by atoms with Crippen LogP contribution >= 0.6 is 0 Å². The Hall–Kier alpha value is -2.17. The van der Waals surface area contributed by atoms with E-state index >= 15 is 0 Å². The highest BCUT2D eigenvalue weighted by Crippen LogP contribution is 2.16. The first-order valence-corrected chi connectivity index (χ1v) is 5.97. The van der Waals surface area contributed by atoms with Crippen molar-refractivity contribution in [2.45, 2.75) is 20.8 Å². The lowest BCUT2D eigenvalue weighted by atomic mass is 9.95. The molecule has 0 aliphatic carbocycles. The number of aliphatic carboxylic acids is 1. The van der Waals surface area contributed by atoms with Crippen LogP contribution in [0.2, 0.25) is 0 Å². The first-order chi connectivity index (χ1) is 8.82. The van der Waals surface area contributed by atoms with Crippen molar-refractivity contribution < 1.29 is 19.5 Å². The van der Waals surface area contributed by atoms with Gasteiger partial charge in [-0.15, -0.1) is 0 Å². The summed E-state index contributed by atoms with van der Waals surface area (Å²) in [5, 5.41) is 11.5. The van der Waals surface area contributed by atoms with Crippen LogP contribution in [-0.4, -0.2) is 22.8 Å². The van der Waals surface area contributed by atoms with Gasteiger partial charge < -0.3 is 10.4 Å². The van der Waals surface area contributed by atoms with E-state index in [1.54, 1.807) is 31.2 Å². The van der Waals surface area contributed by atoms with Crippen LogP contribution in [0.3, 0.4) is 0 Å². The van der Waals surface area contributed by atoms with E-state index in [-0.39, 0.29) is 11.7 Å². The number of ketones is 1. The highest BCUT2D eigenvalue weighted by molar-refractivity contribution is 5.98. The van der Waals surface area contributed by atoms with Gasteiger partial charge in [0.15, 0.2) is 5.78 Å². The molecule has 0 radical (unpaired) electrons. The quantitative estimate of drug-likeness (QED) is 0.797. The molecule has 1 rings (SSSR count). The molecule has 19 heavy (non-hydrogen) atoms. The topological polar surface area (TPSA) is 83.5 Å². The molecule has 0 saturated heterocycles. The van der Waals surface area contributed by atoms with Crippen molar-refractivity contribution in [3.05, 3.63) is 29.8 Å². The van der Waals surface area contributed by atoms with Gasteiger partial charge in [0.1, 0.15) is 0 Å². The Morgan fingerprint density at radius 1 is 1.16 bits per heavy atom. The molecule has 1 aromatic carbocycles. The maximum atomic E-state index is 11.9. The third-order valence-corrected chi connectivity index (χ3v) is 3.09. The van der Waals surface area contributed by atoms with Crippen molar-refractivity contribution in [2.75, 3.05) is 5.32 Å². The third-order valence-electron chi connectivity index (χ3n) is 3.09. The van der Waals surface area contributed by atoms with Crippen molar-refractivity contribution in [1.29, 1.82) is 0 Å². The van der Waals surface area contributed by atoms with E-state index in [9.17, 15) is 14.4 Å². The van der Waals surface area contributed by atoms with Crippen LogP contribution in [0.5, 0.6) is 0 Å². The second kappa shape index (κ2) is 6.13. The Bertz CT molecular complexity index is 510. The van der Waals surface area contributed by atoms with Crippen molar-refractivity contribution in [3.63, 3.8) is 0 Å². The number of carboxylic acid groups (broad SMARTS) is 1. The van der Waals surface area contributed by atoms with E-state index in [0.717, 1.165) is 0 Å². The van der Waals surface area contributed by atoms with Gasteiger partial charge in [0, 0.05) is 17.2 Å². The van der Waals surface area contributed by atoms with Crippen LogP contribution in [0.4, 0.5) is 5.69 Å². The molecule has 0 aromatic heterocycles. The molecule has 2 unspecified atom stereocenters. The molecule has 0 aliphatic heterocycles. The van der Waals surface area contributed by atoms with Gasteiger partial charge in [-0.1, -0.05) is 26.0 Å². The van der Waals surface area contributed by atoms with Crippen molar-refractivity contribution in [1.82, 2.24) is 0 Å². The molecule has 0 heterocycles. The number of anilines is 1. The van der Waals surface area contributed by atoms with Gasteiger partial charge in [-0.3, -0.25) is 14.4 Å². The van der Waals surface area contributed by atoms with Crippen molar-refractivity contribution in [3.8, 4) is 0 Å². The Morgan fingerprint density at radius 2 is 1.79 bits per heavy atom. The van der Waals surface area contributed by atoms with Gasteiger partial charge in [0.2, 0.25) is 5.91 Å². The standard InChI is InChI=1S/C14H17NO4/c1-8(9(2)14(18)19)13(17)15-12-6-4-5-11(7-12)10(3)16/h4-9H,1-3H3,(H,15,17)(H,18,19). The number of amides is 1. The third kappa shape index (κ3) is 3.91. The maximum absolute atomic E-state index is 11.9. The Kier molecular flexibility index (Phi) is 4.80. The molecule has 5 heteroatoms. The van der Waals surface area contributed by atoms with E-state index in [0.29, 0.717) is 11.3 Å². The Morgan fingerprint density at radius 3 is 2.32 bits per heavy atom. The average Bonchev–Trinajstić information content (AvgIpc) is 2.37. The first-order valence-electron chi connectivity index (χ1n) is 5.97. The summed E-state index contributed by atoms with van der Waals surface area (Å²) in [4.78, 5) is 33.9. The zero-order valence-corrected chi connectivity index (χ0v) is 11.1. The second-order valence-corrected chi connectivity index (χ2v) is 4.54. The molecule has 0 saturated carbocycles. The molecule has 0 fully saturated rings. The molecule has 1 amide bonds. The Balaban J connectivity index is 2.79. The number of carboxylic acids is 1. The highest BCUT2D eigenvalue weighted by atomic mass is 16.4. The second-order valence-electron chi connectivity index (χ2n) is 4.54. The van der Waals surface area contributed by atoms with E-state index in [1.165, 1.54) is 13.8 Å². The number of hydrogen-bond donors (Lipinski definition) is 2. The number of rotatable bonds is 5. The first kappa shape index (κ1) is 14.9. The average molecular weight is 263 g/mol. The molecule has 5 nitrogen and oxygen atoms in total. The lowest BCUT2D eigenvalue weighted by Crippen LogP contribution is -2.30. The number of benzene rings is 1. The Labute approximate surface area is 111 Å². The van der Waals surface area contributed by atoms with Crippen LogP contribution in [0, 0.1) is 11.8 Å².